The molecule has 0 saturated heterocycles. The van der Waals surface area contributed by atoms with Crippen molar-refractivity contribution >= 4 is 22.9 Å². The van der Waals surface area contributed by atoms with Crippen LogP contribution in [-0.4, -0.2) is 11.5 Å². The zero-order chi connectivity index (χ0) is 13.8. The van der Waals surface area contributed by atoms with Gasteiger partial charge in [0.05, 0.1) is 5.56 Å². The lowest BCUT2D eigenvalue weighted by Crippen LogP contribution is -2.16. The molecule has 0 bridgehead atoms. The monoisotopic (exact) mass is 276 g/mol. The summed E-state index contributed by atoms with van der Waals surface area (Å²) in [7, 11) is 0. The molecule has 0 aliphatic heterocycles. The van der Waals surface area contributed by atoms with Crippen molar-refractivity contribution in [3.05, 3.63) is 29.3 Å². The minimum atomic E-state index is -4.39. The Hall–Kier alpha value is -1.30. The third kappa shape index (κ3) is 3.87. The molecule has 0 aliphatic rings. The van der Waals surface area contributed by atoms with Gasteiger partial charge in [-0.25, -0.2) is 0 Å². The van der Waals surface area contributed by atoms with Crippen molar-refractivity contribution in [2.24, 2.45) is 5.73 Å². The van der Waals surface area contributed by atoms with Crippen molar-refractivity contribution in [2.45, 2.75) is 25.9 Å². The summed E-state index contributed by atoms with van der Waals surface area (Å²) in [5.74, 6) is 0. The Morgan fingerprint density at radius 1 is 1.39 bits per heavy atom. The Morgan fingerprint density at radius 2 is 2.06 bits per heavy atom. The van der Waals surface area contributed by atoms with Gasteiger partial charge in [-0.05, 0) is 24.6 Å². The van der Waals surface area contributed by atoms with Gasteiger partial charge in [-0.15, -0.1) is 0 Å². The Bertz CT molecular complexity index is 430. The Balaban J connectivity index is 3.01. The molecular weight excluding hydrogens is 261 g/mol. The Labute approximate surface area is 109 Å². The lowest BCUT2D eigenvalue weighted by molar-refractivity contribution is -0.137. The highest BCUT2D eigenvalue weighted by Crippen LogP contribution is 2.31. The normalized spacial score (nSPS) is 11.3. The fourth-order valence-electron chi connectivity index (χ4n) is 1.48. The van der Waals surface area contributed by atoms with Crippen LogP contribution in [0.15, 0.2) is 18.2 Å². The quantitative estimate of drug-likeness (QED) is 0.638. The van der Waals surface area contributed by atoms with Crippen molar-refractivity contribution in [2.75, 3.05) is 11.9 Å². The van der Waals surface area contributed by atoms with Crippen molar-refractivity contribution in [3.63, 3.8) is 0 Å². The highest BCUT2D eigenvalue weighted by atomic mass is 32.1. The summed E-state index contributed by atoms with van der Waals surface area (Å²) < 4.78 is 37.7. The highest BCUT2D eigenvalue weighted by Gasteiger charge is 2.31. The molecule has 0 fully saturated rings. The molecular formula is C12H15F3N2S. The molecule has 18 heavy (non-hydrogen) atoms. The molecule has 0 amide bonds. The number of unbranched alkanes of at least 4 members (excludes halogenated alkanes) is 1. The average Bonchev–Trinajstić information content (AvgIpc) is 2.28. The van der Waals surface area contributed by atoms with Crippen LogP contribution in [0.5, 0.6) is 0 Å². The minimum Gasteiger partial charge on any atom is -0.389 e. The predicted molar refractivity (Wildman–Crippen MR) is 70.7 cm³/mol. The van der Waals surface area contributed by atoms with Crippen molar-refractivity contribution in [1.29, 1.82) is 0 Å². The highest BCUT2D eigenvalue weighted by molar-refractivity contribution is 7.80. The van der Waals surface area contributed by atoms with E-state index in [9.17, 15) is 13.2 Å². The number of thiocarbonyl (C=S) groups is 1. The van der Waals surface area contributed by atoms with Gasteiger partial charge in [0, 0.05) is 17.8 Å². The fourth-order valence-corrected chi connectivity index (χ4v) is 1.65. The molecule has 3 N–H and O–H groups in total. The predicted octanol–water partition coefficient (Wildman–Crippen LogP) is 3.55. The van der Waals surface area contributed by atoms with Gasteiger partial charge in [-0.1, -0.05) is 25.6 Å². The number of halogens is 3. The van der Waals surface area contributed by atoms with Gasteiger partial charge in [0.1, 0.15) is 4.99 Å². The molecule has 2 nitrogen and oxygen atoms in total. The largest absolute Gasteiger partial charge is 0.416 e. The molecule has 0 heterocycles. The molecule has 0 unspecified atom stereocenters. The number of alkyl halides is 3. The summed E-state index contributed by atoms with van der Waals surface area (Å²) in [6, 6.07) is 3.37. The molecule has 0 radical (unpaired) electrons. The number of hydrogen-bond donors (Lipinski definition) is 2. The lowest BCUT2D eigenvalue weighted by atomic mass is 10.1. The molecule has 6 heteroatoms. The van der Waals surface area contributed by atoms with E-state index in [0.717, 1.165) is 25.0 Å². The molecule has 0 atom stereocenters. The molecule has 100 valence electrons. The van der Waals surface area contributed by atoms with Gasteiger partial charge in [-0.2, -0.15) is 13.2 Å². The summed E-state index contributed by atoms with van der Waals surface area (Å²) in [6.07, 6.45) is -2.46. The maximum absolute atomic E-state index is 12.6. The second kappa shape index (κ2) is 6.04. The van der Waals surface area contributed by atoms with Crippen LogP contribution < -0.4 is 11.1 Å². The molecule has 0 saturated carbocycles. The maximum atomic E-state index is 12.6. The number of hydrogen-bond acceptors (Lipinski definition) is 2. The van der Waals surface area contributed by atoms with Crippen LogP contribution in [0.1, 0.15) is 30.9 Å². The summed E-state index contributed by atoms with van der Waals surface area (Å²) in [5.41, 5.74) is 5.49. The van der Waals surface area contributed by atoms with E-state index in [1.807, 2.05) is 6.92 Å². The number of benzene rings is 1. The van der Waals surface area contributed by atoms with Crippen LogP contribution in [0, 0.1) is 0 Å². The van der Waals surface area contributed by atoms with E-state index in [2.05, 4.69) is 5.32 Å². The van der Waals surface area contributed by atoms with E-state index in [-0.39, 0.29) is 10.6 Å². The Kier molecular flexibility index (Phi) is 4.95. The van der Waals surface area contributed by atoms with Gasteiger partial charge in [0.2, 0.25) is 0 Å². The van der Waals surface area contributed by atoms with E-state index in [0.29, 0.717) is 12.2 Å². The van der Waals surface area contributed by atoms with Crippen LogP contribution in [0.4, 0.5) is 18.9 Å². The first-order chi connectivity index (χ1) is 8.36. The fraction of sp³-hybridized carbons (Fsp3) is 0.417. The molecule has 1 rings (SSSR count). The standard InChI is InChI=1S/C12H15F3N2S/c1-2-3-6-17-10-5-4-8(12(13,14)15)7-9(10)11(16)18/h4-5,7,17H,2-3,6H2,1H3,(H2,16,18). The third-order valence-electron chi connectivity index (χ3n) is 2.46. The smallest absolute Gasteiger partial charge is 0.389 e. The first-order valence-electron chi connectivity index (χ1n) is 5.61. The zero-order valence-corrected chi connectivity index (χ0v) is 10.8. The van der Waals surface area contributed by atoms with E-state index >= 15 is 0 Å². The minimum absolute atomic E-state index is 0.0416. The number of rotatable bonds is 5. The van der Waals surface area contributed by atoms with Crippen molar-refractivity contribution < 1.29 is 13.2 Å². The van der Waals surface area contributed by atoms with E-state index in [4.69, 9.17) is 18.0 Å². The topological polar surface area (TPSA) is 38.0 Å². The number of nitrogens with one attached hydrogen (secondary N) is 1. The first kappa shape index (κ1) is 14.8. The Morgan fingerprint density at radius 3 is 2.56 bits per heavy atom. The lowest BCUT2D eigenvalue weighted by Gasteiger charge is -2.14. The van der Waals surface area contributed by atoms with Crippen molar-refractivity contribution in [1.82, 2.24) is 0 Å². The molecule has 0 spiro atoms. The summed E-state index contributed by atoms with van der Waals surface area (Å²) in [6.45, 7) is 2.71. The third-order valence-corrected chi connectivity index (χ3v) is 2.68. The number of nitrogens with two attached hydrogens (primary N) is 1. The second-order valence-electron chi connectivity index (χ2n) is 3.90. The van der Waals surface area contributed by atoms with Crippen LogP contribution >= 0.6 is 12.2 Å². The molecule has 1 aromatic rings. The van der Waals surface area contributed by atoms with Gasteiger partial charge < -0.3 is 11.1 Å². The molecule has 1 aromatic carbocycles. The van der Waals surface area contributed by atoms with Gasteiger partial charge in [-0.3, -0.25) is 0 Å². The van der Waals surface area contributed by atoms with E-state index in [1.165, 1.54) is 6.07 Å². The van der Waals surface area contributed by atoms with Gasteiger partial charge >= 0.3 is 6.18 Å². The van der Waals surface area contributed by atoms with E-state index in [1.54, 1.807) is 0 Å². The summed E-state index contributed by atoms with van der Waals surface area (Å²) in [5, 5.41) is 3.04. The SMILES string of the molecule is CCCCNc1ccc(C(F)(F)F)cc1C(N)=S. The van der Waals surface area contributed by atoms with Gasteiger partial charge in [0.25, 0.3) is 0 Å². The van der Waals surface area contributed by atoms with Crippen LogP contribution in [0.25, 0.3) is 0 Å². The van der Waals surface area contributed by atoms with Crippen molar-refractivity contribution in [3.8, 4) is 0 Å². The average molecular weight is 276 g/mol. The molecule has 0 aromatic heterocycles. The summed E-state index contributed by atoms with van der Waals surface area (Å²) in [4.78, 5) is -0.0416. The van der Waals surface area contributed by atoms with Crippen LogP contribution in [-0.2, 0) is 6.18 Å². The molecule has 0 aliphatic carbocycles. The maximum Gasteiger partial charge on any atom is 0.416 e. The summed E-state index contributed by atoms with van der Waals surface area (Å²) >= 11 is 4.78. The number of anilines is 1. The van der Waals surface area contributed by atoms with E-state index < -0.39 is 11.7 Å². The first-order valence-corrected chi connectivity index (χ1v) is 6.02. The second-order valence-corrected chi connectivity index (χ2v) is 4.34. The van der Waals surface area contributed by atoms with Gasteiger partial charge in [0.15, 0.2) is 0 Å². The zero-order valence-electron chi connectivity index (χ0n) is 9.97. The van der Waals surface area contributed by atoms with Crippen LogP contribution in [0.3, 0.4) is 0 Å². The van der Waals surface area contributed by atoms with Crippen LogP contribution in [0.2, 0.25) is 0 Å².